The Bertz CT molecular complexity index is 355. The van der Waals surface area contributed by atoms with E-state index in [0.717, 1.165) is 11.8 Å². The zero-order valence-electron chi connectivity index (χ0n) is 6.98. The minimum absolute atomic E-state index is 0.298. The Morgan fingerprint density at radius 1 is 1.67 bits per heavy atom. The van der Waals surface area contributed by atoms with Gasteiger partial charge < -0.3 is 0 Å². The van der Waals surface area contributed by atoms with Gasteiger partial charge in [0.15, 0.2) is 0 Å². The highest BCUT2D eigenvalue weighted by molar-refractivity contribution is 7.88. The van der Waals surface area contributed by atoms with E-state index in [1.54, 1.807) is 24.1 Å². The Hall–Kier alpha value is -0.880. The van der Waals surface area contributed by atoms with Gasteiger partial charge in [-0.3, -0.25) is 4.68 Å². The molecule has 0 fully saturated rings. The van der Waals surface area contributed by atoms with E-state index in [-0.39, 0.29) is 0 Å². The van der Waals surface area contributed by atoms with Crippen molar-refractivity contribution in [1.82, 2.24) is 14.5 Å². The van der Waals surface area contributed by atoms with Crippen molar-refractivity contribution in [3.63, 3.8) is 0 Å². The van der Waals surface area contributed by atoms with Gasteiger partial charge in [0, 0.05) is 25.4 Å². The van der Waals surface area contributed by atoms with Crippen LogP contribution < -0.4 is 4.72 Å². The van der Waals surface area contributed by atoms with Crippen LogP contribution in [0.15, 0.2) is 12.4 Å². The monoisotopic (exact) mass is 189 g/mol. The van der Waals surface area contributed by atoms with E-state index in [2.05, 4.69) is 9.82 Å². The first-order valence-corrected chi connectivity index (χ1v) is 5.29. The molecule has 5 nitrogen and oxygen atoms in total. The minimum Gasteiger partial charge on any atom is -0.275 e. The van der Waals surface area contributed by atoms with Crippen LogP contribution in [0.2, 0.25) is 0 Å². The summed E-state index contributed by atoms with van der Waals surface area (Å²) < 4.78 is 25.3. The van der Waals surface area contributed by atoms with Gasteiger partial charge in [0.2, 0.25) is 10.0 Å². The van der Waals surface area contributed by atoms with E-state index >= 15 is 0 Å². The lowest BCUT2D eigenvalue weighted by atomic mass is 10.4. The van der Waals surface area contributed by atoms with E-state index < -0.39 is 10.0 Å². The molecule has 1 rings (SSSR count). The molecule has 0 aliphatic rings. The van der Waals surface area contributed by atoms with Gasteiger partial charge in [0.1, 0.15) is 0 Å². The molecular weight excluding hydrogens is 178 g/mol. The fraction of sp³-hybridized carbons (Fsp3) is 0.500. The lowest BCUT2D eigenvalue weighted by Gasteiger charge is -1.97. The largest absolute Gasteiger partial charge is 0.275 e. The first-order valence-electron chi connectivity index (χ1n) is 3.39. The van der Waals surface area contributed by atoms with Crippen LogP contribution in [0.1, 0.15) is 5.56 Å². The van der Waals surface area contributed by atoms with Gasteiger partial charge >= 0.3 is 0 Å². The molecule has 1 aromatic rings. The molecule has 0 aromatic carbocycles. The smallest absolute Gasteiger partial charge is 0.209 e. The Balaban J connectivity index is 2.55. The average Bonchev–Trinajstić information content (AvgIpc) is 2.30. The second-order valence-corrected chi connectivity index (χ2v) is 4.45. The molecule has 1 N–H and O–H groups in total. The van der Waals surface area contributed by atoms with Gasteiger partial charge in [-0.15, -0.1) is 0 Å². The van der Waals surface area contributed by atoms with E-state index in [1.165, 1.54) is 0 Å². The Morgan fingerprint density at radius 3 is 2.75 bits per heavy atom. The zero-order chi connectivity index (χ0) is 9.19. The number of aromatic nitrogens is 2. The summed E-state index contributed by atoms with van der Waals surface area (Å²) in [5.74, 6) is 0. The lowest BCUT2D eigenvalue weighted by molar-refractivity contribution is 0.587. The topological polar surface area (TPSA) is 64.0 Å². The molecule has 0 bridgehead atoms. The molecule has 1 heterocycles. The summed E-state index contributed by atoms with van der Waals surface area (Å²) in [6.07, 6.45) is 4.51. The van der Waals surface area contributed by atoms with Gasteiger partial charge in [-0.25, -0.2) is 13.1 Å². The highest BCUT2D eigenvalue weighted by Gasteiger charge is 2.01. The molecule has 0 atom stereocenters. The SMILES string of the molecule is Cn1cc(CNS(C)(=O)=O)cn1. The van der Waals surface area contributed by atoms with Crippen molar-refractivity contribution in [2.45, 2.75) is 6.54 Å². The van der Waals surface area contributed by atoms with Gasteiger partial charge in [-0.1, -0.05) is 0 Å². The fourth-order valence-electron chi connectivity index (χ4n) is 0.778. The summed E-state index contributed by atoms with van der Waals surface area (Å²) in [7, 11) is -1.32. The lowest BCUT2D eigenvalue weighted by Crippen LogP contribution is -2.20. The Morgan fingerprint density at radius 2 is 2.33 bits per heavy atom. The van der Waals surface area contributed by atoms with Gasteiger partial charge in [-0.2, -0.15) is 5.10 Å². The maximum absolute atomic E-state index is 10.7. The van der Waals surface area contributed by atoms with Gasteiger partial charge in [-0.05, 0) is 0 Å². The van der Waals surface area contributed by atoms with Gasteiger partial charge in [0.05, 0.1) is 12.5 Å². The second kappa shape index (κ2) is 3.24. The van der Waals surface area contributed by atoms with Crippen LogP contribution >= 0.6 is 0 Å². The number of aryl methyl sites for hydroxylation is 1. The zero-order valence-corrected chi connectivity index (χ0v) is 7.80. The van der Waals surface area contributed by atoms with E-state index in [0.29, 0.717) is 6.54 Å². The van der Waals surface area contributed by atoms with Gasteiger partial charge in [0.25, 0.3) is 0 Å². The number of rotatable bonds is 3. The van der Waals surface area contributed by atoms with Crippen molar-refractivity contribution in [1.29, 1.82) is 0 Å². The average molecular weight is 189 g/mol. The molecular formula is C6H11N3O2S. The highest BCUT2D eigenvalue weighted by Crippen LogP contribution is 1.95. The summed E-state index contributed by atoms with van der Waals surface area (Å²) in [6, 6.07) is 0. The third kappa shape index (κ3) is 3.02. The van der Waals surface area contributed by atoms with Crippen molar-refractivity contribution in [2.24, 2.45) is 7.05 Å². The van der Waals surface area contributed by atoms with E-state index in [9.17, 15) is 8.42 Å². The maximum atomic E-state index is 10.7. The normalized spacial score (nSPS) is 11.8. The van der Waals surface area contributed by atoms with Crippen LogP contribution in [0, 0.1) is 0 Å². The molecule has 0 saturated carbocycles. The van der Waals surface area contributed by atoms with Crippen molar-refractivity contribution < 1.29 is 8.42 Å². The van der Waals surface area contributed by atoms with Crippen LogP contribution in [0.4, 0.5) is 0 Å². The van der Waals surface area contributed by atoms with Crippen molar-refractivity contribution in [3.8, 4) is 0 Å². The quantitative estimate of drug-likeness (QED) is 0.695. The van der Waals surface area contributed by atoms with Crippen molar-refractivity contribution in [2.75, 3.05) is 6.26 Å². The third-order valence-electron chi connectivity index (χ3n) is 1.30. The van der Waals surface area contributed by atoms with Crippen LogP contribution in [-0.4, -0.2) is 24.5 Å². The second-order valence-electron chi connectivity index (χ2n) is 2.62. The fourth-order valence-corrected chi connectivity index (χ4v) is 1.21. The number of hydrogen-bond donors (Lipinski definition) is 1. The Kier molecular flexibility index (Phi) is 2.49. The van der Waals surface area contributed by atoms with Crippen molar-refractivity contribution in [3.05, 3.63) is 18.0 Å². The van der Waals surface area contributed by atoms with Crippen LogP contribution in [0.5, 0.6) is 0 Å². The molecule has 0 unspecified atom stereocenters. The number of hydrogen-bond acceptors (Lipinski definition) is 3. The number of sulfonamides is 1. The number of nitrogens with one attached hydrogen (secondary N) is 1. The third-order valence-corrected chi connectivity index (χ3v) is 1.97. The van der Waals surface area contributed by atoms with Crippen LogP contribution in [0.3, 0.4) is 0 Å². The molecule has 0 spiro atoms. The number of nitrogens with zero attached hydrogens (tertiary/aromatic N) is 2. The van der Waals surface area contributed by atoms with Crippen molar-refractivity contribution >= 4 is 10.0 Å². The molecule has 1 aromatic heterocycles. The standard InChI is InChI=1S/C6H11N3O2S/c1-9-5-6(3-7-9)4-8-12(2,10)11/h3,5,8H,4H2,1-2H3. The summed E-state index contributed by atoms with van der Waals surface area (Å²) >= 11 is 0. The highest BCUT2D eigenvalue weighted by atomic mass is 32.2. The summed E-state index contributed by atoms with van der Waals surface area (Å²) in [6.45, 7) is 0.298. The summed E-state index contributed by atoms with van der Waals surface area (Å²) in [4.78, 5) is 0. The molecule has 0 saturated heterocycles. The molecule has 12 heavy (non-hydrogen) atoms. The van der Waals surface area contributed by atoms with Crippen LogP contribution in [0.25, 0.3) is 0 Å². The maximum Gasteiger partial charge on any atom is 0.209 e. The summed E-state index contributed by atoms with van der Waals surface area (Å²) in [5.41, 5.74) is 0.850. The van der Waals surface area contributed by atoms with E-state index in [4.69, 9.17) is 0 Å². The first-order chi connectivity index (χ1) is 5.47. The van der Waals surface area contributed by atoms with Crippen LogP contribution in [-0.2, 0) is 23.6 Å². The molecule has 68 valence electrons. The van der Waals surface area contributed by atoms with E-state index in [1.807, 2.05) is 0 Å². The summed E-state index contributed by atoms with van der Waals surface area (Å²) in [5, 5.41) is 3.90. The first kappa shape index (κ1) is 9.21. The molecule has 0 amide bonds. The molecule has 6 heteroatoms. The predicted molar refractivity (Wildman–Crippen MR) is 44.9 cm³/mol. The minimum atomic E-state index is -3.10. The predicted octanol–water partition coefficient (Wildman–Crippen LogP) is -0.531. The Labute approximate surface area is 71.4 Å². The molecule has 0 radical (unpaired) electrons. The molecule has 0 aliphatic heterocycles. The molecule has 0 aliphatic carbocycles.